The standard InChI is InChI=1S/C9H18F2N2O/c10-8(11)5-13-7-9(6-12)1-3-14-4-2-9/h8,13H,1-7,12H2. The van der Waals surface area contributed by atoms with E-state index in [0.29, 0.717) is 26.3 Å². The number of nitrogens with two attached hydrogens (primary N) is 1. The van der Waals surface area contributed by atoms with Crippen LogP contribution in [0, 0.1) is 5.41 Å². The molecule has 0 spiro atoms. The van der Waals surface area contributed by atoms with E-state index in [9.17, 15) is 8.78 Å². The molecular weight excluding hydrogens is 190 g/mol. The minimum absolute atomic E-state index is 0.0346. The lowest BCUT2D eigenvalue weighted by molar-refractivity contribution is 0.0172. The molecule has 0 radical (unpaired) electrons. The van der Waals surface area contributed by atoms with Gasteiger partial charge in [-0.3, -0.25) is 0 Å². The third kappa shape index (κ3) is 3.48. The van der Waals surface area contributed by atoms with Crippen molar-refractivity contribution in [1.82, 2.24) is 5.32 Å². The number of hydrogen-bond acceptors (Lipinski definition) is 3. The largest absolute Gasteiger partial charge is 0.381 e. The summed E-state index contributed by atoms with van der Waals surface area (Å²) in [6.45, 7) is 2.23. The van der Waals surface area contributed by atoms with E-state index in [1.807, 2.05) is 0 Å². The Balaban J connectivity index is 2.29. The van der Waals surface area contributed by atoms with Crippen LogP contribution in [0.1, 0.15) is 12.8 Å². The van der Waals surface area contributed by atoms with Gasteiger partial charge in [-0.1, -0.05) is 0 Å². The normalized spacial score (nSPS) is 21.4. The van der Waals surface area contributed by atoms with Gasteiger partial charge in [0.15, 0.2) is 0 Å². The van der Waals surface area contributed by atoms with Crippen LogP contribution in [0.3, 0.4) is 0 Å². The molecule has 14 heavy (non-hydrogen) atoms. The van der Waals surface area contributed by atoms with Crippen LogP contribution in [0.25, 0.3) is 0 Å². The smallest absolute Gasteiger partial charge is 0.250 e. The highest BCUT2D eigenvalue weighted by Crippen LogP contribution is 2.28. The van der Waals surface area contributed by atoms with Crippen molar-refractivity contribution in [3.63, 3.8) is 0 Å². The second-order valence-corrected chi connectivity index (χ2v) is 3.84. The highest BCUT2D eigenvalue weighted by Gasteiger charge is 2.30. The van der Waals surface area contributed by atoms with Crippen LogP contribution in [0.2, 0.25) is 0 Å². The summed E-state index contributed by atoms with van der Waals surface area (Å²) in [4.78, 5) is 0. The monoisotopic (exact) mass is 208 g/mol. The predicted octanol–water partition coefficient (Wildman–Crippen LogP) is 0.597. The van der Waals surface area contributed by atoms with Gasteiger partial charge in [0.05, 0.1) is 6.54 Å². The van der Waals surface area contributed by atoms with E-state index in [1.165, 1.54) is 0 Å². The minimum atomic E-state index is -2.29. The Bertz CT molecular complexity index is 161. The SMILES string of the molecule is NCC1(CNCC(F)F)CCOCC1. The summed E-state index contributed by atoms with van der Waals surface area (Å²) in [6.07, 6.45) is -0.566. The highest BCUT2D eigenvalue weighted by molar-refractivity contribution is 4.84. The number of halogens is 2. The van der Waals surface area contributed by atoms with Crippen molar-refractivity contribution in [3.05, 3.63) is 0 Å². The molecule has 0 amide bonds. The molecule has 0 aromatic carbocycles. The van der Waals surface area contributed by atoms with Gasteiger partial charge >= 0.3 is 0 Å². The van der Waals surface area contributed by atoms with Crippen LogP contribution in [0.15, 0.2) is 0 Å². The maximum Gasteiger partial charge on any atom is 0.250 e. The van der Waals surface area contributed by atoms with Crippen molar-refractivity contribution in [2.45, 2.75) is 19.3 Å². The minimum Gasteiger partial charge on any atom is -0.381 e. The molecule has 1 saturated heterocycles. The first-order chi connectivity index (χ1) is 6.68. The summed E-state index contributed by atoms with van der Waals surface area (Å²) in [5.41, 5.74) is 5.64. The fourth-order valence-corrected chi connectivity index (χ4v) is 1.70. The van der Waals surface area contributed by atoms with E-state index in [-0.39, 0.29) is 12.0 Å². The fraction of sp³-hybridized carbons (Fsp3) is 1.00. The Morgan fingerprint density at radius 1 is 1.36 bits per heavy atom. The molecule has 0 aromatic heterocycles. The van der Waals surface area contributed by atoms with E-state index >= 15 is 0 Å². The van der Waals surface area contributed by atoms with Crippen LogP contribution in [-0.4, -0.2) is 39.3 Å². The lowest BCUT2D eigenvalue weighted by atomic mass is 9.80. The summed E-state index contributed by atoms with van der Waals surface area (Å²) in [5.74, 6) is 0. The first-order valence-corrected chi connectivity index (χ1v) is 4.95. The van der Waals surface area contributed by atoms with E-state index in [2.05, 4.69) is 5.32 Å². The van der Waals surface area contributed by atoms with Gasteiger partial charge < -0.3 is 15.8 Å². The van der Waals surface area contributed by atoms with Gasteiger partial charge in [-0.2, -0.15) is 0 Å². The molecule has 0 saturated carbocycles. The Kier molecular flexibility index (Phi) is 4.71. The zero-order chi connectivity index (χ0) is 10.4. The third-order valence-electron chi connectivity index (χ3n) is 2.79. The summed E-state index contributed by atoms with van der Waals surface area (Å²) >= 11 is 0. The first kappa shape index (κ1) is 11.8. The lowest BCUT2D eigenvalue weighted by Gasteiger charge is -2.36. The third-order valence-corrected chi connectivity index (χ3v) is 2.79. The maximum atomic E-state index is 11.9. The van der Waals surface area contributed by atoms with Gasteiger partial charge in [0.2, 0.25) is 0 Å². The number of hydrogen-bond donors (Lipinski definition) is 2. The number of nitrogens with one attached hydrogen (secondary N) is 1. The number of rotatable bonds is 5. The molecule has 0 aliphatic carbocycles. The second-order valence-electron chi connectivity index (χ2n) is 3.84. The molecule has 0 atom stereocenters. The molecule has 3 N–H and O–H groups in total. The second kappa shape index (κ2) is 5.58. The van der Waals surface area contributed by atoms with Gasteiger partial charge in [-0.15, -0.1) is 0 Å². The molecule has 5 heteroatoms. The molecule has 0 bridgehead atoms. The molecule has 84 valence electrons. The zero-order valence-electron chi connectivity index (χ0n) is 8.27. The molecule has 1 fully saturated rings. The van der Waals surface area contributed by atoms with Crippen molar-refractivity contribution >= 4 is 0 Å². The summed E-state index contributed by atoms with van der Waals surface area (Å²) in [7, 11) is 0. The Morgan fingerprint density at radius 2 is 2.00 bits per heavy atom. The van der Waals surface area contributed by atoms with Gasteiger partial charge in [0.25, 0.3) is 6.43 Å². The fourth-order valence-electron chi connectivity index (χ4n) is 1.70. The van der Waals surface area contributed by atoms with Crippen LogP contribution >= 0.6 is 0 Å². The first-order valence-electron chi connectivity index (χ1n) is 4.95. The topological polar surface area (TPSA) is 47.3 Å². The Morgan fingerprint density at radius 3 is 2.50 bits per heavy atom. The van der Waals surface area contributed by atoms with Crippen LogP contribution < -0.4 is 11.1 Å². The van der Waals surface area contributed by atoms with Crippen LogP contribution in [0.5, 0.6) is 0 Å². The summed E-state index contributed by atoms with van der Waals surface area (Å²) in [5, 5.41) is 2.76. The van der Waals surface area contributed by atoms with E-state index in [4.69, 9.17) is 10.5 Å². The van der Waals surface area contributed by atoms with Crippen LogP contribution in [-0.2, 0) is 4.74 Å². The average Bonchev–Trinajstić information content (AvgIpc) is 2.19. The van der Waals surface area contributed by atoms with E-state index in [1.54, 1.807) is 0 Å². The van der Waals surface area contributed by atoms with Crippen molar-refractivity contribution < 1.29 is 13.5 Å². The van der Waals surface area contributed by atoms with Crippen molar-refractivity contribution in [1.29, 1.82) is 0 Å². The molecule has 1 aliphatic rings. The molecule has 1 rings (SSSR count). The van der Waals surface area contributed by atoms with Gasteiger partial charge in [0.1, 0.15) is 0 Å². The molecule has 1 heterocycles. The molecule has 0 aromatic rings. The number of alkyl halides is 2. The Labute approximate surface area is 83.0 Å². The molecule has 0 unspecified atom stereocenters. The summed E-state index contributed by atoms with van der Waals surface area (Å²) in [6, 6.07) is 0. The van der Waals surface area contributed by atoms with Gasteiger partial charge in [-0.05, 0) is 24.8 Å². The van der Waals surface area contributed by atoms with Crippen molar-refractivity contribution in [2.75, 3.05) is 32.8 Å². The average molecular weight is 208 g/mol. The molecular formula is C9H18F2N2O. The zero-order valence-corrected chi connectivity index (χ0v) is 8.27. The number of ether oxygens (including phenoxy) is 1. The highest BCUT2D eigenvalue weighted by atomic mass is 19.3. The van der Waals surface area contributed by atoms with Crippen molar-refractivity contribution in [3.8, 4) is 0 Å². The maximum absolute atomic E-state index is 11.9. The van der Waals surface area contributed by atoms with Gasteiger partial charge in [-0.25, -0.2) is 8.78 Å². The van der Waals surface area contributed by atoms with Crippen molar-refractivity contribution in [2.24, 2.45) is 11.1 Å². The van der Waals surface area contributed by atoms with E-state index < -0.39 is 6.43 Å². The van der Waals surface area contributed by atoms with Gasteiger partial charge in [0, 0.05) is 19.8 Å². The quantitative estimate of drug-likeness (QED) is 0.695. The predicted molar refractivity (Wildman–Crippen MR) is 50.4 cm³/mol. The Hall–Kier alpha value is -0.260. The molecule has 3 nitrogen and oxygen atoms in total. The molecule has 1 aliphatic heterocycles. The van der Waals surface area contributed by atoms with E-state index in [0.717, 1.165) is 12.8 Å². The lowest BCUT2D eigenvalue weighted by Crippen LogP contribution is -2.45. The summed E-state index contributed by atoms with van der Waals surface area (Å²) < 4.78 is 29.0. The van der Waals surface area contributed by atoms with Crippen LogP contribution in [0.4, 0.5) is 8.78 Å².